The smallest absolute Gasteiger partial charge is 0.270 e. The van der Waals surface area contributed by atoms with E-state index in [1.165, 1.54) is 25.7 Å². The molecule has 1 aromatic carbocycles. The minimum atomic E-state index is -0.875. The maximum Gasteiger partial charge on any atom is 0.270 e. The largest absolute Gasteiger partial charge is 0.373 e. The highest BCUT2D eigenvalue weighted by molar-refractivity contribution is 6.30. The first-order valence-corrected chi connectivity index (χ1v) is 12.0. The van der Waals surface area contributed by atoms with Crippen LogP contribution in [0.4, 0.5) is 5.69 Å². The minimum absolute atomic E-state index is 0.0546. The van der Waals surface area contributed by atoms with Gasteiger partial charge in [0.25, 0.3) is 5.91 Å². The fourth-order valence-corrected chi connectivity index (χ4v) is 5.17. The zero-order chi connectivity index (χ0) is 22.9. The van der Waals surface area contributed by atoms with Gasteiger partial charge in [0.15, 0.2) is 0 Å². The number of halogens is 1. The number of allylic oxidation sites excluding steroid dienone is 2. The van der Waals surface area contributed by atoms with E-state index in [2.05, 4.69) is 28.5 Å². The number of nitrogens with one attached hydrogen (secondary N) is 2. The third-order valence-electron chi connectivity index (χ3n) is 6.91. The molecule has 3 aliphatic rings. The van der Waals surface area contributed by atoms with Gasteiger partial charge < -0.3 is 20.4 Å². The summed E-state index contributed by atoms with van der Waals surface area (Å²) in [5, 5.41) is 6.96. The van der Waals surface area contributed by atoms with Crippen LogP contribution in [-0.2, 0) is 9.59 Å². The number of hydrogen-bond acceptors (Lipinski definition) is 4. The number of rotatable bonds is 5. The second-order valence-corrected chi connectivity index (χ2v) is 9.99. The molecule has 0 spiro atoms. The van der Waals surface area contributed by atoms with Crippen LogP contribution in [0.2, 0.25) is 5.02 Å². The van der Waals surface area contributed by atoms with Gasteiger partial charge in [-0.1, -0.05) is 30.5 Å². The Morgan fingerprint density at radius 3 is 2.69 bits per heavy atom. The van der Waals surface area contributed by atoms with Gasteiger partial charge in [-0.15, -0.1) is 0 Å². The molecule has 2 fully saturated rings. The molecule has 32 heavy (non-hydrogen) atoms. The summed E-state index contributed by atoms with van der Waals surface area (Å²) in [4.78, 5) is 29.6. The molecule has 7 heteroatoms. The van der Waals surface area contributed by atoms with Crippen LogP contribution < -0.4 is 15.5 Å². The number of carbonyl (C=O) groups is 2. The molecule has 2 amide bonds. The van der Waals surface area contributed by atoms with Crippen molar-refractivity contribution in [1.82, 2.24) is 15.5 Å². The summed E-state index contributed by atoms with van der Waals surface area (Å²) < 4.78 is 0. The average molecular weight is 457 g/mol. The van der Waals surface area contributed by atoms with Crippen molar-refractivity contribution in [3.05, 3.63) is 52.8 Å². The SMILES string of the molecule is CC1NC(C(=O)N2CCNC(=O)C2(C)C)=CC=C1N(CC1CCCC1)c1cccc(Cl)c1. The Bertz CT molecular complexity index is 949. The van der Waals surface area contributed by atoms with Gasteiger partial charge in [0.05, 0.1) is 6.04 Å². The third kappa shape index (κ3) is 4.51. The van der Waals surface area contributed by atoms with Crippen molar-refractivity contribution in [3.63, 3.8) is 0 Å². The number of nitrogens with zero attached hydrogens (tertiary/aromatic N) is 2. The minimum Gasteiger partial charge on any atom is -0.373 e. The Hall–Kier alpha value is -2.47. The molecule has 0 radical (unpaired) electrons. The number of anilines is 1. The van der Waals surface area contributed by atoms with Crippen LogP contribution >= 0.6 is 11.6 Å². The molecule has 2 heterocycles. The van der Waals surface area contributed by atoms with Gasteiger partial charge in [-0.3, -0.25) is 9.59 Å². The van der Waals surface area contributed by atoms with Gasteiger partial charge in [-0.2, -0.15) is 0 Å². The highest BCUT2D eigenvalue weighted by Gasteiger charge is 2.42. The van der Waals surface area contributed by atoms with Crippen molar-refractivity contribution in [3.8, 4) is 0 Å². The lowest BCUT2D eigenvalue weighted by Crippen LogP contribution is -2.64. The normalized spacial score (nSPS) is 23.2. The van der Waals surface area contributed by atoms with Gasteiger partial charge in [0, 0.05) is 36.0 Å². The van der Waals surface area contributed by atoms with E-state index in [-0.39, 0.29) is 17.9 Å². The Morgan fingerprint density at radius 1 is 1.25 bits per heavy atom. The molecule has 2 N–H and O–H groups in total. The molecule has 1 unspecified atom stereocenters. The number of hydrogen-bond donors (Lipinski definition) is 2. The molecule has 1 atom stereocenters. The Morgan fingerprint density at radius 2 is 2.00 bits per heavy atom. The summed E-state index contributed by atoms with van der Waals surface area (Å²) in [5.41, 5.74) is 1.84. The van der Waals surface area contributed by atoms with Crippen molar-refractivity contribution in [2.45, 2.75) is 58.0 Å². The first-order valence-electron chi connectivity index (χ1n) is 11.6. The number of carbonyl (C=O) groups excluding carboxylic acids is 2. The Balaban J connectivity index is 1.61. The van der Waals surface area contributed by atoms with E-state index in [0.29, 0.717) is 29.7 Å². The lowest BCUT2D eigenvalue weighted by atomic mass is 9.97. The monoisotopic (exact) mass is 456 g/mol. The van der Waals surface area contributed by atoms with E-state index in [0.717, 1.165) is 17.9 Å². The number of piperazine rings is 1. The van der Waals surface area contributed by atoms with Crippen molar-refractivity contribution >= 4 is 29.1 Å². The predicted molar refractivity (Wildman–Crippen MR) is 128 cm³/mol. The summed E-state index contributed by atoms with van der Waals surface area (Å²) in [6.45, 7) is 7.56. The number of dihydropyridines is 1. The summed E-state index contributed by atoms with van der Waals surface area (Å²) in [6, 6.07) is 7.91. The van der Waals surface area contributed by atoms with Crippen LogP contribution in [0.3, 0.4) is 0 Å². The lowest BCUT2D eigenvalue weighted by molar-refractivity contribution is -0.146. The highest BCUT2D eigenvalue weighted by atomic mass is 35.5. The maximum absolute atomic E-state index is 13.3. The molecule has 2 aliphatic heterocycles. The highest BCUT2D eigenvalue weighted by Crippen LogP contribution is 2.32. The molecule has 4 rings (SSSR count). The van der Waals surface area contributed by atoms with Gasteiger partial charge in [-0.05, 0) is 69.9 Å². The Labute approximate surface area is 195 Å². The molecular weight excluding hydrogens is 424 g/mol. The van der Waals surface area contributed by atoms with Crippen molar-refractivity contribution in [1.29, 1.82) is 0 Å². The Kier molecular flexibility index (Phi) is 6.52. The number of benzene rings is 1. The van der Waals surface area contributed by atoms with Crippen LogP contribution in [0.1, 0.15) is 46.5 Å². The van der Waals surface area contributed by atoms with Crippen molar-refractivity contribution in [2.24, 2.45) is 5.92 Å². The molecule has 1 saturated carbocycles. The van der Waals surface area contributed by atoms with E-state index < -0.39 is 5.54 Å². The fraction of sp³-hybridized carbons (Fsp3) is 0.520. The second kappa shape index (κ2) is 9.18. The quantitative estimate of drug-likeness (QED) is 0.706. The maximum atomic E-state index is 13.3. The molecule has 6 nitrogen and oxygen atoms in total. The fourth-order valence-electron chi connectivity index (χ4n) is 4.98. The van der Waals surface area contributed by atoms with E-state index in [4.69, 9.17) is 11.6 Å². The van der Waals surface area contributed by atoms with Crippen molar-refractivity contribution in [2.75, 3.05) is 24.5 Å². The van der Waals surface area contributed by atoms with Crippen LogP contribution in [0.15, 0.2) is 47.8 Å². The zero-order valence-electron chi connectivity index (χ0n) is 19.2. The number of amides is 2. The van der Waals surface area contributed by atoms with E-state index in [1.54, 1.807) is 18.7 Å². The second-order valence-electron chi connectivity index (χ2n) is 9.55. The van der Waals surface area contributed by atoms with Crippen LogP contribution in [0, 0.1) is 5.92 Å². The third-order valence-corrected chi connectivity index (χ3v) is 7.15. The molecule has 0 aromatic heterocycles. The average Bonchev–Trinajstić information content (AvgIpc) is 3.27. The van der Waals surface area contributed by atoms with E-state index >= 15 is 0 Å². The molecule has 1 aliphatic carbocycles. The van der Waals surface area contributed by atoms with E-state index in [9.17, 15) is 9.59 Å². The zero-order valence-corrected chi connectivity index (χ0v) is 19.9. The topological polar surface area (TPSA) is 64.7 Å². The summed E-state index contributed by atoms with van der Waals surface area (Å²) in [7, 11) is 0. The van der Waals surface area contributed by atoms with Crippen LogP contribution in [0.25, 0.3) is 0 Å². The van der Waals surface area contributed by atoms with Gasteiger partial charge in [0.2, 0.25) is 5.91 Å². The molecule has 1 saturated heterocycles. The summed E-state index contributed by atoms with van der Waals surface area (Å²) in [5.74, 6) is 0.389. The van der Waals surface area contributed by atoms with Crippen LogP contribution in [0.5, 0.6) is 0 Å². The molecule has 172 valence electrons. The molecule has 1 aromatic rings. The standard InChI is InChI=1S/C25H33ClN4O2/c1-17-22(29(16-18-7-4-5-8-18)20-10-6-9-19(26)15-20)12-11-21(28-17)23(31)30-14-13-27-24(32)25(30,2)3/h6,9-12,15,17-18,28H,4-5,7-8,13-14,16H2,1-3H3,(H,27,32). The lowest BCUT2D eigenvalue weighted by Gasteiger charge is -2.42. The molecule has 0 bridgehead atoms. The first-order chi connectivity index (χ1) is 15.3. The molecular formula is C25H33ClN4O2. The summed E-state index contributed by atoms with van der Waals surface area (Å²) in [6.07, 6.45) is 8.97. The van der Waals surface area contributed by atoms with Gasteiger partial charge in [0.1, 0.15) is 11.2 Å². The first kappa shape index (κ1) is 22.7. The van der Waals surface area contributed by atoms with Gasteiger partial charge >= 0.3 is 0 Å². The van der Waals surface area contributed by atoms with Crippen LogP contribution in [-0.4, -0.2) is 47.9 Å². The predicted octanol–water partition coefficient (Wildman–Crippen LogP) is 3.83. The van der Waals surface area contributed by atoms with E-state index in [1.807, 2.05) is 30.4 Å². The van der Waals surface area contributed by atoms with Crippen molar-refractivity contribution < 1.29 is 9.59 Å². The van der Waals surface area contributed by atoms with Gasteiger partial charge in [-0.25, -0.2) is 0 Å². The summed E-state index contributed by atoms with van der Waals surface area (Å²) >= 11 is 6.31.